The number of para-hydroxylation sites is 1. The number of primary amides is 1. The van der Waals surface area contributed by atoms with E-state index in [-0.39, 0.29) is 120 Å². The monoisotopic (exact) mass is 1900 g/mol. The minimum Gasteiger partial charge on any atom is -0.677 e. The number of amides is 15. The number of phenolic OH excluding ortho intramolecular Hbond substituents is 2. The Morgan fingerprint density at radius 3 is 1.58 bits per heavy atom. The van der Waals surface area contributed by atoms with E-state index in [9.17, 15) is 48.2 Å². The van der Waals surface area contributed by atoms with Crippen molar-refractivity contribution in [2.24, 2.45) is 11.7 Å². The molecule has 3 aliphatic heterocycles. The van der Waals surface area contributed by atoms with E-state index in [0.717, 1.165) is 14.7 Å². The zero-order valence-corrected chi connectivity index (χ0v) is 77.2. The van der Waals surface area contributed by atoms with E-state index in [2.05, 4.69) is 52.8 Å². The van der Waals surface area contributed by atoms with Gasteiger partial charge in [-0.2, -0.15) is 6.54 Å². The molecule has 136 heavy (non-hydrogen) atoms. The Morgan fingerprint density at radius 1 is 0.522 bits per heavy atom. The third kappa shape index (κ3) is 28.3. The van der Waals surface area contributed by atoms with Crippen molar-refractivity contribution in [1.29, 1.82) is 0 Å². The molecule has 13 atom stereocenters. The van der Waals surface area contributed by atoms with Gasteiger partial charge in [0, 0.05) is 95.6 Å². The molecule has 3 aliphatic rings. The number of halogens is 3. The van der Waals surface area contributed by atoms with E-state index in [4.69, 9.17) is 16.2 Å². The molecule has 3 fully saturated rings. The quantitative estimate of drug-likeness (QED) is 0.0288. The number of aromatic amines is 1. The Labute approximate surface area is 788 Å². The fraction of sp³-hybridized carbons (Fsp3) is 0.438. The highest BCUT2D eigenvalue weighted by Crippen LogP contribution is 2.29. The van der Waals surface area contributed by atoms with Crippen LogP contribution in [0.3, 0.4) is 0 Å². The van der Waals surface area contributed by atoms with Crippen LogP contribution >= 0.6 is 11.8 Å². The summed E-state index contributed by atoms with van der Waals surface area (Å²) >= 11 is 0.658. The Balaban J connectivity index is 1.06. The number of likely N-dealkylation sites (N-methyl/N-ethyl adjacent to an activating group) is 3. The molecule has 0 unspecified atom stereocenters. The molecule has 0 radical (unpaired) electrons. The first-order valence-corrected chi connectivity index (χ1v) is 46.2. The molecule has 0 bridgehead atoms. The number of nitrogens with zero attached hydrogens (tertiary/aromatic N) is 5. The van der Waals surface area contributed by atoms with Crippen LogP contribution in [0.1, 0.15) is 112 Å². The molecule has 10 rings (SSSR count). The molecule has 7 aromatic rings. The number of hydrogen-bond donors (Lipinski definition) is 13. The smallest absolute Gasteiger partial charge is 0.293 e. The summed E-state index contributed by atoms with van der Waals surface area (Å²) in [6.45, 7) is 2.94. The molecule has 728 valence electrons. The third-order valence-corrected chi connectivity index (χ3v) is 25.3. The summed E-state index contributed by atoms with van der Waals surface area (Å²) in [4.78, 5) is 247. The number of H-pyrrole nitrogens is 1. The fourth-order valence-electron chi connectivity index (χ4n) is 16.8. The van der Waals surface area contributed by atoms with Gasteiger partial charge >= 0.3 is 0 Å². The Bertz CT molecular complexity index is 5390. The highest BCUT2D eigenvalue weighted by atomic mass is 32.2. The van der Waals surface area contributed by atoms with Crippen molar-refractivity contribution in [2.45, 2.75) is 196 Å². The topological polar surface area (TPSA) is 513 Å². The number of nitrogens with two attached hydrogens (primary N) is 1. The SMILES string of the molecule is CCCC[C@H]1C(=O)N2CCC[C@@H]2C(=O)N[C@@H](COC=O)C(=O)N[C@@H](C(C)C)C(=O)N(C)[C@@H](Cc2ccccc2)C(=O)N[C@@H](Cc2ccc(O)cc2)C(=O)N2CCC[C@@H]2C(=O)N[C@@H](Cc2c[nH]c3ccccc23)C(=O)N[C@@H](Cc2ccc(O)cc2)C(=O)N[C@@H](CCC[NH-])C(=O)N[C@H](C(=O)NCC(N)=O)CSCC(=O)N[C@@H](Cc2cc(F)c(F)c(F)c2)C(=O)N(C)[C@@H](Cc2ccccc2)C(=O)N1C. The van der Waals surface area contributed by atoms with Crippen LogP contribution in [-0.2, 0) is 120 Å². The molecule has 0 saturated carbocycles. The number of nitrogens with one attached hydrogen (secondary N) is 11. The van der Waals surface area contributed by atoms with Crippen LogP contribution in [0.15, 0.2) is 152 Å². The number of carbonyl (C=O) groups is 16. The van der Waals surface area contributed by atoms with Gasteiger partial charge in [0.05, 0.1) is 12.3 Å². The Morgan fingerprint density at radius 2 is 1.01 bits per heavy atom. The van der Waals surface area contributed by atoms with E-state index in [0.29, 0.717) is 75.5 Å². The number of ether oxygens (including phenoxy) is 1. The summed E-state index contributed by atoms with van der Waals surface area (Å²) in [5.41, 5.74) is 16.1. The fourth-order valence-corrected chi connectivity index (χ4v) is 17.7. The van der Waals surface area contributed by atoms with Gasteiger partial charge in [-0.3, -0.25) is 76.7 Å². The van der Waals surface area contributed by atoms with Crippen molar-refractivity contribution in [1.82, 2.24) is 77.3 Å². The molecule has 15 amide bonds. The van der Waals surface area contributed by atoms with Crippen LogP contribution in [-0.4, -0.2) is 279 Å². The third-order valence-electron chi connectivity index (χ3n) is 24.3. The Kier molecular flexibility index (Phi) is 38.2. The number of aromatic nitrogens is 1. The predicted molar refractivity (Wildman–Crippen MR) is 495 cm³/mol. The number of fused-ring (bicyclic) bond motifs is 3. The molecule has 15 N–H and O–H groups in total. The van der Waals surface area contributed by atoms with Crippen LogP contribution in [0.2, 0.25) is 0 Å². The normalized spacial score (nSPS) is 23.2. The first kappa shape index (κ1) is 104. The number of carbonyl (C=O) groups excluding carboxylic acids is 16. The summed E-state index contributed by atoms with van der Waals surface area (Å²) in [6, 6.07) is 15.5. The summed E-state index contributed by atoms with van der Waals surface area (Å²) < 4.78 is 50.2. The van der Waals surface area contributed by atoms with Gasteiger partial charge in [-0.15, -0.1) is 11.8 Å². The summed E-state index contributed by atoms with van der Waals surface area (Å²) in [5.74, 6) is -21.9. The standard InChI is InChI=1S/C96H117F3N17O19S/c1-7-8-27-77-95(133)116-40-19-29-76(116)90(128)109-73(51-135-54-117)88(126)111-83(55(2)3)96(134)113(5)78(46-56-20-11-9-12-21-56)91(129)108-72(44-59-32-36-63(119)37-33-59)93(131)115-39-18-28-75(115)89(127)107-70(48-61-49-102-67-25-16-15-24-64(61)67)87(125)106-69(43-58-30-34-62(118)35-31-58)86(124)105-68(26-17-38-100)85(123)110-74(84(122)103-50-80(101)120)52-136-53-81(121)104-71(45-60-41-65(97)82(99)66(98)42-60)92(130)114(6)79(94(132)112(77)4)47-57-22-13-10-14-23-57/h9-16,20-25,30-37,41-42,49,54-55,68-79,83,100,102,118-119H,7-8,17-19,26-29,38-40,43-48,50-53H2,1-6H3,(H2,101,120)(H,103,122)(H,104,121)(H,105,124)(H,106,125)(H,107,127)(H,108,129)(H,109,128)(H,110,123)(H,111,126)/q-1/t68-,69-,70-,71-,72-,73-,74-,75+,76+,77-,78-,79-,83-/m0/s1. The van der Waals surface area contributed by atoms with Gasteiger partial charge in [-0.25, -0.2) is 13.2 Å². The predicted octanol–water partition coefficient (Wildman–Crippen LogP) is 3.29. The van der Waals surface area contributed by atoms with Crippen LogP contribution in [0.25, 0.3) is 16.6 Å². The number of rotatable bonds is 25. The Hall–Kier alpha value is -13.9. The average Bonchev–Trinajstić information content (AvgIpc) is 1.46. The van der Waals surface area contributed by atoms with Crippen LogP contribution in [0.4, 0.5) is 13.2 Å². The van der Waals surface area contributed by atoms with E-state index in [1.54, 1.807) is 105 Å². The van der Waals surface area contributed by atoms with Gasteiger partial charge in [0.15, 0.2) is 17.5 Å². The molecular weight excluding hydrogens is 1780 g/mol. The van der Waals surface area contributed by atoms with Gasteiger partial charge in [0.2, 0.25) is 88.6 Å². The molecule has 36 nitrogen and oxygen atoms in total. The van der Waals surface area contributed by atoms with Crippen molar-refractivity contribution in [3.05, 3.63) is 208 Å². The second-order valence-electron chi connectivity index (χ2n) is 34.4. The van der Waals surface area contributed by atoms with E-state index < -0.39 is 222 Å². The lowest BCUT2D eigenvalue weighted by molar-refractivity contribution is -0.152. The molecular formula is C96H117F3N17O19S-. The number of phenols is 2. The van der Waals surface area contributed by atoms with Gasteiger partial charge < -0.3 is 104 Å². The van der Waals surface area contributed by atoms with Crippen LogP contribution < -0.4 is 53.6 Å². The second-order valence-corrected chi connectivity index (χ2v) is 35.4. The van der Waals surface area contributed by atoms with E-state index in [1.807, 2.05) is 6.92 Å². The highest BCUT2D eigenvalue weighted by molar-refractivity contribution is 8.00. The van der Waals surface area contributed by atoms with Crippen molar-refractivity contribution in [3.63, 3.8) is 0 Å². The maximum Gasteiger partial charge on any atom is 0.293 e. The maximum atomic E-state index is 15.8. The number of aromatic hydroxyl groups is 2. The average molecular weight is 1900 g/mol. The first-order chi connectivity index (χ1) is 65.1. The van der Waals surface area contributed by atoms with Crippen LogP contribution in [0.5, 0.6) is 11.5 Å². The summed E-state index contributed by atoms with van der Waals surface area (Å²) in [6.07, 6.45) is 0.198. The number of unbranched alkanes of at least 4 members (excludes halogenated alkanes) is 1. The molecule has 1 aromatic heterocycles. The lowest BCUT2D eigenvalue weighted by atomic mass is 9.98. The molecule has 40 heteroatoms. The zero-order valence-electron chi connectivity index (χ0n) is 76.3. The molecule has 4 heterocycles. The summed E-state index contributed by atoms with van der Waals surface area (Å²) in [5, 5.41) is 45.3. The number of hydrogen-bond acceptors (Lipinski definition) is 20. The zero-order chi connectivity index (χ0) is 98.6. The van der Waals surface area contributed by atoms with Crippen molar-refractivity contribution < 1.29 is 105 Å². The van der Waals surface area contributed by atoms with Crippen molar-refractivity contribution in [2.75, 3.05) is 65.4 Å². The lowest BCUT2D eigenvalue weighted by Gasteiger charge is -2.38. The van der Waals surface area contributed by atoms with Crippen LogP contribution in [0, 0.1) is 23.4 Å². The summed E-state index contributed by atoms with van der Waals surface area (Å²) in [7, 11) is 3.81. The highest BCUT2D eigenvalue weighted by Gasteiger charge is 2.46. The van der Waals surface area contributed by atoms with E-state index in [1.165, 1.54) is 79.5 Å². The molecule has 0 spiro atoms. The van der Waals surface area contributed by atoms with Crippen molar-refractivity contribution >= 4 is 118 Å². The number of benzene rings is 6. The van der Waals surface area contributed by atoms with Gasteiger partial charge in [-0.05, 0) is 120 Å². The van der Waals surface area contributed by atoms with E-state index >= 15 is 51.9 Å². The minimum absolute atomic E-state index is 0.000786. The molecule has 3 saturated heterocycles. The maximum absolute atomic E-state index is 15.8. The second kappa shape index (κ2) is 49.9. The first-order valence-electron chi connectivity index (χ1n) is 45.1. The molecule has 6 aromatic carbocycles. The number of thioether (sulfide) groups is 1. The van der Waals surface area contributed by atoms with Gasteiger partial charge in [0.1, 0.15) is 96.6 Å². The minimum atomic E-state index is -1.87. The lowest BCUT2D eigenvalue weighted by Crippen LogP contribution is -2.62. The van der Waals surface area contributed by atoms with Crippen molar-refractivity contribution in [3.8, 4) is 11.5 Å². The van der Waals surface area contributed by atoms with Gasteiger partial charge in [-0.1, -0.05) is 143 Å². The van der Waals surface area contributed by atoms with Gasteiger partial charge in [0.25, 0.3) is 6.47 Å². The molecule has 0 aliphatic carbocycles. The largest absolute Gasteiger partial charge is 0.677 e.